The molecule has 0 radical (unpaired) electrons. The minimum atomic E-state index is 0.341. The van der Waals surface area contributed by atoms with Crippen molar-refractivity contribution in [2.45, 2.75) is 6.04 Å². The molecule has 1 aliphatic heterocycles. The highest BCUT2D eigenvalue weighted by molar-refractivity contribution is 5.66. The van der Waals surface area contributed by atoms with Gasteiger partial charge in [-0.25, -0.2) is 9.50 Å². The van der Waals surface area contributed by atoms with Crippen LogP contribution in [0.2, 0.25) is 0 Å². The van der Waals surface area contributed by atoms with Crippen LogP contribution in [0.3, 0.4) is 0 Å². The second kappa shape index (κ2) is 4.68. The standard InChI is InChI=1S/C11H15N5O/c1-2-15-16-5-3-13-11(10(1)16)14-7-9-8-17-6-4-12-9/h1-3,5,9,12H,4,6-8H2,(H,13,14). The van der Waals surface area contributed by atoms with E-state index in [4.69, 9.17) is 4.74 Å². The Balaban J connectivity index is 1.69. The van der Waals surface area contributed by atoms with Gasteiger partial charge in [0.05, 0.1) is 19.4 Å². The highest BCUT2D eigenvalue weighted by Crippen LogP contribution is 2.12. The van der Waals surface area contributed by atoms with Crippen LogP contribution in [0.25, 0.3) is 5.52 Å². The molecule has 1 unspecified atom stereocenters. The van der Waals surface area contributed by atoms with Crippen molar-refractivity contribution in [3.05, 3.63) is 24.7 Å². The van der Waals surface area contributed by atoms with Crippen LogP contribution in [0.4, 0.5) is 5.82 Å². The average Bonchev–Trinajstić information content (AvgIpc) is 2.86. The minimum absolute atomic E-state index is 0.341. The van der Waals surface area contributed by atoms with Crippen LogP contribution in [0.15, 0.2) is 24.7 Å². The Morgan fingerprint density at radius 2 is 2.53 bits per heavy atom. The van der Waals surface area contributed by atoms with E-state index in [9.17, 15) is 0 Å². The van der Waals surface area contributed by atoms with Gasteiger partial charge in [0.2, 0.25) is 0 Å². The topological polar surface area (TPSA) is 63.5 Å². The molecular weight excluding hydrogens is 218 g/mol. The molecule has 3 heterocycles. The predicted molar refractivity (Wildman–Crippen MR) is 64.1 cm³/mol. The molecule has 17 heavy (non-hydrogen) atoms. The molecular formula is C11H15N5O. The molecule has 2 aromatic rings. The fourth-order valence-electron chi connectivity index (χ4n) is 1.96. The SMILES string of the molecule is c1cn2nccc2c(NCC2COCCN2)n1. The number of nitrogens with one attached hydrogen (secondary N) is 2. The molecule has 90 valence electrons. The van der Waals surface area contributed by atoms with Gasteiger partial charge < -0.3 is 15.4 Å². The number of nitrogens with zero attached hydrogens (tertiary/aromatic N) is 3. The van der Waals surface area contributed by atoms with Gasteiger partial charge in [0.1, 0.15) is 5.52 Å². The zero-order valence-corrected chi connectivity index (χ0v) is 9.47. The van der Waals surface area contributed by atoms with Gasteiger partial charge in [-0.2, -0.15) is 5.10 Å². The summed E-state index contributed by atoms with van der Waals surface area (Å²) < 4.78 is 7.21. The van der Waals surface area contributed by atoms with Crippen molar-refractivity contribution >= 4 is 11.3 Å². The maximum Gasteiger partial charge on any atom is 0.152 e. The van der Waals surface area contributed by atoms with E-state index in [0.717, 1.165) is 37.6 Å². The quantitative estimate of drug-likeness (QED) is 0.789. The third kappa shape index (κ3) is 2.22. The Morgan fingerprint density at radius 3 is 3.41 bits per heavy atom. The molecule has 0 aromatic carbocycles. The first-order valence-corrected chi connectivity index (χ1v) is 5.77. The Labute approximate surface area is 99.0 Å². The number of rotatable bonds is 3. The van der Waals surface area contributed by atoms with Crippen molar-refractivity contribution in [1.82, 2.24) is 19.9 Å². The Hall–Kier alpha value is -1.66. The molecule has 6 heteroatoms. The molecule has 1 saturated heterocycles. The normalized spacial score (nSPS) is 20.6. The summed E-state index contributed by atoms with van der Waals surface area (Å²) in [6.07, 6.45) is 5.35. The number of aromatic nitrogens is 3. The summed E-state index contributed by atoms with van der Waals surface area (Å²) in [6.45, 7) is 3.26. The van der Waals surface area contributed by atoms with Gasteiger partial charge in [-0.15, -0.1) is 0 Å². The lowest BCUT2D eigenvalue weighted by Gasteiger charge is -2.24. The van der Waals surface area contributed by atoms with Crippen molar-refractivity contribution in [1.29, 1.82) is 0 Å². The Kier molecular flexibility index (Phi) is 2.89. The van der Waals surface area contributed by atoms with Crippen LogP contribution in [0.5, 0.6) is 0 Å². The summed E-state index contributed by atoms with van der Waals surface area (Å²) in [5.41, 5.74) is 0.990. The predicted octanol–water partition coefficient (Wildman–Crippen LogP) is 0.130. The van der Waals surface area contributed by atoms with Crippen molar-refractivity contribution in [3.8, 4) is 0 Å². The molecule has 0 aliphatic carbocycles. The Bertz CT molecular complexity index is 491. The number of morpholine rings is 1. The van der Waals surface area contributed by atoms with E-state index < -0.39 is 0 Å². The van der Waals surface area contributed by atoms with Crippen molar-refractivity contribution in [2.75, 3.05) is 31.6 Å². The lowest BCUT2D eigenvalue weighted by atomic mass is 10.3. The van der Waals surface area contributed by atoms with E-state index in [1.807, 2.05) is 12.3 Å². The van der Waals surface area contributed by atoms with Crippen LogP contribution in [0, 0.1) is 0 Å². The van der Waals surface area contributed by atoms with Gasteiger partial charge in [-0.1, -0.05) is 0 Å². The summed E-state index contributed by atoms with van der Waals surface area (Å²) in [6, 6.07) is 2.29. The summed E-state index contributed by atoms with van der Waals surface area (Å²) in [5.74, 6) is 0.859. The first-order chi connectivity index (χ1) is 8.43. The zero-order valence-electron chi connectivity index (χ0n) is 9.47. The largest absolute Gasteiger partial charge is 0.378 e. The second-order valence-electron chi connectivity index (χ2n) is 4.04. The molecule has 1 atom stereocenters. The molecule has 0 spiro atoms. The molecule has 1 aliphatic rings. The van der Waals surface area contributed by atoms with Crippen LogP contribution in [-0.2, 0) is 4.74 Å². The molecule has 1 fully saturated rings. The van der Waals surface area contributed by atoms with Crippen LogP contribution >= 0.6 is 0 Å². The molecule has 0 bridgehead atoms. The number of hydrogen-bond acceptors (Lipinski definition) is 5. The maximum absolute atomic E-state index is 5.40. The summed E-state index contributed by atoms with van der Waals surface area (Å²) in [4.78, 5) is 4.32. The molecule has 0 saturated carbocycles. The van der Waals surface area contributed by atoms with E-state index in [-0.39, 0.29) is 0 Å². The molecule has 2 N–H and O–H groups in total. The molecule has 3 rings (SSSR count). The third-order valence-corrected chi connectivity index (χ3v) is 2.84. The van der Waals surface area contributed by atoms with Gasteiger partial charge in [0, 0.05) is 31.5 Å². The summed E-state index contributed by atoms with van der Waals surface area (Å²) in [7, 11) is 0. The average molecular weight is 233 g/mol. The highest BCUT2D eigenvalue weighted by Gasteiger charge is 2.13. The fourth-order valence-corrected chi connectivity index (χ4v) is 1.96. The second-order valence-corrected chi connectivity index (χ2v) is 4.04. The van der Waals surface area contributed by atoms with Crippen molar-refractivity contribution in [2.24, 2.45) is 0 Å². The monoisotopic (exact) mass is 233 g/mol. The smallest absolute Gasteiger partial charge is 0.152 e. The van der Waals surface area contributed by atoms with Gasteiger partial charge in [0.15, 0.2) is 5.82 Å². The summed E-state index contributed by atoms with van der Waals surface area (Å²) in [5, 5.41) is 10.9. The van der Waals surface area contributed by atoms with Crippen LogP contribution in [0.1, 0.15) is 0 Å². The number of fused-ring (bicyclic) bond motifs is 1. The minimum Gasteiger partial charge on any atom is -0.378 e. The molecule has 6 nitrogen and oxygen atoms in total. The van der Waals surface area contributed by atoms with Crippen LogP contribution in [-0.4, -0.2) is 46.9 Å². The fraction of sp³-hybridized carbons (Fsp3) is 0.455. The van der Waals surface area contributed by atoms with Gasteiger partial charge >= 0.3 is 0 Å². The lowest BCUT2D eigenvalue weighted by molar-refractivity contribution is 0.0806. The maximum atomic E-state index is 5.40. The van der Waals surface area contributed by atoms with Gasteiger partial charge in [-0.05, 0) is 6.07 Å². The van der Waals surface area contributed by atoms with Crippen molar-refractivity contribution in [3.63, 3.8) is 0 Å². The first-order valence-electron chi connectivity index (χ1n) is 5.77. The number of anilines is 1. The molecule has 0 amide bonds. The number of ether oxygens (including phenoxy) is 1. The van der Waals surface area contributed by atoms with E-state index in [1.54, 1.807) is 16.9 Å². The first kappa shape index (κ1) is 10.5. The summed E-state index contributed by atoms with van der Waals surface area (Å²) >= 11 is 0. The van der Waals surface area contributed by atoms with E-state index >= 15 is 0 Å². The van der Waals surface area contributed by atoms with E-state index in [1.165, 1.54) is 0 Å². The van der Waals surface area contributed by atoms with Gasteiger partial charge in [-0.3, -0.25) is 0 Å². The Morgan fingerprint density at radius 1 is 1.53 bits per heavy atom. The van der Waals surface area contributed by atoms with E-state index in [2.05, 4.69) is 20.7 Å². The van der Waals surface area contributed by atoms with E-state index in [0.29, 0.717) is 6.04 Å². The van der Waals surface area contributed by atoms with Crippen LogP contribution < -0.4 is 10.6 Å². The lowest BCUT2D eigenvalue weighted by Crippen LogP contribution is -2.45. The van der Waals surface area contributed by atoms with Crippen molar-refractivity contribution < 1.29 is 4.74 Å². The third-order valence-electron chi connectivity index (χ3n) is 2.84. The number of hydrogen-bond donors (Lipinski definition) is 2. The van der Waals surface area contributed by atoms with Gasteiger partial charge in [0.25, 0.3) is 0 Å². The highest BCUT2D eigenvalue weighted by atomic mass is 16.5. The molecule has 2 aromatic heterocycles. The zero-order chi connectivity index (χ0) is 11.5.